The van der Waals surface area contributed by atoms with Gasteiger partial charge in [0.2, 0.25) is 0 Å². The van der Waals surface area contributed by atoms with Crippen LogP contribution in [0.2, 0.25) is 5.02 Å². The van der Waals surface area contributed by atoms with Crippen LogP contribution in [0.5, 0.6) is 6.01 Å². The molecular formula is C32H34ClFN6O4S. The Balaban J connectivity index is 1.34. The second-order valence-electron chi connectivity index (χ2n) is 12.3. The zero-order valence-electron chi connectivity index (χ0n) is 25.0. The lowest BCUT2D eigenvalue weighted by atomic mass is 10.0. The number of hydrogen-bond acceptors (Lipinski definition) is 9. The second kappa shape index (κ2) is 12.1. The molecule has 1 atom stereocenters. The smallest absolute Gasteiger partial charge is 0.318 e. The quantitative estimate of drug-likeness (QED) is 0.309. The van der Waals surface area contributed by atoms with Crippen molar-refractivity contribution in [1.82, 2.24) is 14.9 Å². The maximum Gasteiger partial charge on any atom is 0.318 e. The Bertz CT molecular complexity index is 1820. The normalized spacial score (nSPS) is 19.2. The van der Waals surface area contributed by atoms with E-state index in [-0.39, 0.29) is 37.9 Å². The number of amides is 1. The summed E-state index contributed by atoms with van der Waals surface area (Å²) in [6.07, 6.45) is 3.37. The molecule has 1 saturated heterocycles. The summed E-state index contributed by atoms with van der Waals surface area (Å²) in [5.74, 6) is -1.18. The standard InChI is InChI=1S/C32H34ClFN6O4S/c1-21(34)30(41)40-16-15-39(17-23(40)9-13-35)29-24-10-14-38(27-8-4-6-22-5-3-7-25(33)28(22)27)18-26(24)36-31(37-29)44-19-32(11-12-32)20-45(2,42)43/h3-8,23H,1,9-12,14-20H2,2H3/t23-/m0/s1. The summed E-state index contributed by atoms with van der Waals surface area (Å²) in [6, 6.07) is 13.6. The zero-order chi connectivity index (χ0) is 31.9. The fraction of sp³-hybridized carbons (Fsp3) is 0.438. The van der Waals surface area contributed by atoms with Crippen molar-refractivity contribution in [2.24, 2.45) is 5.41 Å². The van der Waals surface area contributed by atoms with Gasteiger partial charge in [-0.1, -0.05) is 42.4 Å². The molecule has 1 saturated carbocycles. The molecule has 2 fully saturated rings. The van der Waals surface area contributed by atoms with E-state index in [1.54, 1.807) is 0 Å². The third-order valence-electron chi connectivity index (χ3n) is 8.83. The maximum absolute atomic E-state index is 13.8. The minimum absolute atomic E-state index is 0.0236. The van der Waals surface area contributed by atoms with Gasteiger partial charge in [-0.15, -0.1) is 0 Å². The number of ether oxygens (including phenoxy) is 1. The number of carbonyl (C=O) groups is 1. The lowest BCUT2D eigenvalue weighted by molar-refractivity contribution is -0.131. The van der Waals surface area contributed by atoms with E-state index in [4.69, 9.17) is 26.3 Å². The van der Waals surface area contributed by atoms with Crippen LogP contribution in [-0.2, 0) is 27.6 Å². The number of benzene rings is 2. The Morgan fingerprint density at radius 3 is 2.62 bits per heavy atom. The molecule has 3 aliphatic rings. The van der Waals surface area contributed by atoms with Crippen molar-refractivity contribution in [3.05, 3.63) is 65.1 Å². The van der Waals surface area contributed by atoms with Crippen molar-refractivity contribution >= 4 is 49.6 Å². The van der Waals surface area contributed by atoms with Gasteiger partial charge >= 0.3 is 6.01 Å². The summed E-state index contributed by atoms with van der Waals surface area (Å²) in [4.78, 5) is 27.8. The first-order valence-corrected chi connectivity index (χ1v) is 17.3. The summed E-state index contributed by atoms with van der Waals surface area (Å²) in [7, 11) is -3.19. The topological polar surface area (TPSA) is 120 Å². The fourth-order valence-corrected chi connectivity index (χ4v) is 8.25. The number of carbonyl (C=O) groups excluding carboxylic acids is 1. The number of nitrogens with zero attached hydrogens (tertiary/aromatic N) is 6. The summed E-state index contributed by atoms with van der Waals surface area (Å²) >= 11 is 6.66. The summed E-state index contributed by atoms with van der Waals surface area (Å²) < 4.78 is 44.1. The van der Waals surface area contributed by atoms with Crippen LogP contribution in [0.1, 0.15) is 30.5 Å². The molecule has 0 bridgehead atoms. The number of aromatic nitrogens is 2. The number of nitriles is 1. The third-order valence-corrected chi connectivity index (χ3v) is 10.3. The van der Waals surface area contributed by atoms with Gasteiger partial charge in [0.1, 0.15) is 15.7 Å². The molecule has 10 nitrogen and oxygen atoms in total. The molecule has 0 radical (unpaired) electrons. The second-order valence-corrected chi connectivity index (χ2v) is 14.8. The Morgan fingerprint density at radius 2 is 1.93 bits per heavy atom. The SMILES string of the molecule is C=C(F)C(=O)N1CCN(c2nc(OCC3(CS(C)(=O)=O)CC3)nc3c2CCN(c2cccc4cccc(Cl)c24)C3)C[C@@H]1CC#N. The Morgan fingerprint density at radius 1 is 1.18 bits per heavy atom. The monoisotopic (exact) mass is 652 g/mol. The predicted octanol–water partition coefficient (Wildman–Crippen LogP) is 4.46. The minimum atomic E-state index is -3.19. The van der Waals surface area contributed by atoms with Crippen LogP contribution in [0, 0.1) is 16.7 Å². The van der Waals surface area contributed by atoms with Gasteiger partial charge in [-0.25, -0.2) is 12.8 Å². The average molecular weight is 653 g/mol. The van der Waals surface area contributed by atoms with E-state index in [1.165, 1.54) is 11.2 Å². The first kappa shape index (κ1) is 31.0. The van der Waals surface area contributed by atoms with E-state index < -0.39 is 33.0 Å². The van der Waals surface area contributed by atoms with Crippen LogP contribution in [-0.4, -0.2) is 80.0 Å². The van der Waals surface area contributed by atoms with Gasteiger partial charge in [-0.3, -0.25) is 4.79 Å². The Labute approximate surface area is 267 Å². The summed E-state index contributed by atoms with van der Waals surface area (Å²) in [5.41, 5.74) is 2.25. The van der Waals surface area contributed by atoms with Crippen molar-refractivity contribution in [3.63, 3.8) is 0 Å². The van der Waals surface area contributed by atoms with Crippen LogP contribution < -0.4 is 14.5 Å². The highest BCUT2D eigenvalue weighted by Crippen LogP contribution is 2.47. The molecule has 1 aromatic heterocycles. The molecule has 236 valence electrons. The van der Waals surface area contributed by atoms with Crippen LogP contribution in [0.4, 0.5) is 15.9 Å². The number of anilines is 2. The highest BCUT2D eigenvalue weighted by atomic mass is 35.5. The molecule has 1 aliphatic carbocycles. The Kier molecular flexibility index (Phi) is 8.35. The van der Waals surface area contributed by atoms with E-state index in [9.17, 15) is 22.9 Å². The van der Waals surface area contributed by atoms with E-state index in [0.717, 1.165) is 40.6 Å². The summed E-state index contributed by atoms with van der Waals surface area (Å²) in [6.45, 7) is 5.30. The van der Waals surface area contributed by atoms with E-state index in [1.807, 2.05) is 41.3 Å². The van der Waals surface area contributed by atoms with Crippen LogP contribution >= 0.6 is 11.6 Å². The van der Waals surface area contributed by atoms with E-state index in [2.05, 4.69) is 17.5 Å². The molecule has 3 heterocycles. The van der Waals surface area contributed by atoms with Crippen LogP contribution in [0.25, 0.3) is 10.8 Å². The van der Waals surface area contributed by atoms with Gasteiger partial charge in [-0.2, -0.15) is 15.2 Å². The van der Waals surface area contributed by atoms with Gasteiger partial charge in [0.05, 0.1) is 48.2 Å². The molecule has 45 heavy (non-hydrogen) atoms. The molecule has 1 amide bonds. The van der Waals surface area contributed by atoms with Crippen molar-refractivity contribution in [2.45, 2.75) is 38.3 Å². The molecule has 0 spiro atoms. The molecule has 3 aromatic rings. The first-order chi connectivity index (χ1) is 21.5. The molecule has 6 rings (SSSR count). The van der Waals surface area contributed by atoms with Crippen molar-refractivity contribution in [1.29, 1.82) is 5.26 Å². The largest absolute Gasteiger partial charge is 0.463 e. The highest BCUT2D eigenvalue weighted by Gasteiger charge is 2.46. The van der Waals surface area contributed by atoms with E-state index in [0.29, 0.717) is 36.9 Å². The third kappa shape index (κ3) is 6.56. The van der Waals surface area contributed by atoms with Crippen LogP contribution in [0.15, 0.2) is 48.8 Å². The summed E-state index contributed by atoms with van der Waals surface area (Å²) in [5, 5.41) is 12.1. The van der Waals surface area contributed by atoms with Gasteiger partial charge in [0, 0.05) is 54.5 Å². The van der Waals surface area contributed by atoms with Gasteiger partial charge in [-0.05, 0) is 36.8 Å². The molecule has 2 aliphatic heterocycles. The lowest BCUT2D eigenvalue weighted by Crippen LogP contribution is -2.55. The molecular weight excluding hydrogens is 619 g/mol. The lowest BCUT2D eigenvalue weighted by Gasteiger charge is -2.42. The number of fused-ring (bicyclic) bond motifs is 2. The van der Waals surface area contributed by atoms with Crippen molar-refractivity contribution < 1.29 is 22.3 Å². The predicted molar refractivity (Wildman–Crippen MR) is 171 cm³/mol. The maximum atomic E-state index is 13.8. The molecule has 13 heteroatoms. The first-order valence-electron chi connectivity index (χ1n) is 14.9. The van der Waals surface area contributed by atoms with Gasteiger partial charge in [0.15, 0.2) is 5.83 Å². The van der Waals surface area contributed by atoms with Gasteiger partial charge < -0.3 is 19.4 Å². The van der Waals surface area contributed by atoms with Gasteiger partial charge in [0.25, 0.3) is 5.91 Å². The number of hydrogen-bond donors (Lipinski definition) is 0. The minimum Gasteiger partial charge on any atom is -0.463 e. The average Bonchev–Trinajstić information content (AvgIpc) is 3.76. The molecule has 2 aromatic carbocycles. The molecule has 0 N–H and O–H groups in total. The number of rotatable bonds is 9. The Hall–Kier alpha value is -3.95. The van der Waals surface area contributed by atoms with Crippen molar-refractivity contribution in [2.75, 3.05) is 54.6 Å². The van der Waals surface area contributed by atoms with Crippen LogP contribution in [0.3, 0.4) is 0 Å². The number of piperazine rings is 1. The number of halogens is 2. The zero-order valence-corrected chi connectivity index (χ0v) is 26.6. The molecule has 0 unspecified atom stereocenters. The highest BCUT2D eigenvalue weighted by molar-refractivity contribution is 7.90. The fourth-order valence-electron chi connectivity index (χ4n) is 6.49. The number of sulfone groups is 1. The van der Waals surface area contributed by atoms with Crippen molar-refractivity contribution in [3.8, 4) is 12.1 Å². The van der Waals surface area contributed by atoms with E-state index >= 15 is 0 Å².